The first kappa shape index (κ1) is 19.0. The van der Waals surface area contributed by atoms with Crippen LogP contribution in [0.1, 0.15) is 52.0 Å². The highest BCUT2D eigenvalue weighted by Crippen LogP contribution is 2.30. The Morgan fingerprint density at radius 1 is 1.38 bits per heavy atom. The summed E-state index contributed by atoms with van der Waals surface area (Å²) in [5.41, 5.74) is 2.03. The van der Waals surface area contributed by atoms with E-state index in [-0.39, 0.29) is 11.4 Å². The van der Waals surface area contributed by atoms with Gasteiger partial charge >= 0.3 is 0 Å². The van der Waals surface area contributed by atoms with Crippen molar-refractivity contribution >= 4 is 28.9 Å². The van der Waals surface area contributed by atoms with Gasteiger partial charge < -0.3 is 10.2 Å². The number of carbonyl (C=O) groups excluding carboxylic acids is 1. The molecule has 1 atom stereocenters. The van der Waals surface area contributed by atoms with E-state index in [2.05, 4.69) is 31.1 Å². The summed E-state index contributed by atoms with van der Waals surface area (Å²) in [5, 5.41) is 3.88. The molecule has 0 spiro atoms. The maximum Gasteiger partial charge on any atom is 0.289 e. The number of nitrogens with zero attached hydrogens (tertiary/aromatic N) is 2. The number of likely N-dealkylation sites (tertiary alicyclic amines) is 1. The number of benzene rings is 1. The lowest BCUT2D eigenvalue weighted by Gasteiger charge is -2.38. The Morgan fingerprint density at radius 2 is 2.19 bits per heavy atom. The molecule has 1 saturated heterocycles. The van der Waals surface area contributed by atoms with Gasteiger partial charge in [-0.3, -0.25) is 9.79 Å². The summed E-state index contributed by atoms with van der Waals surface area (Å²) in [6.45, 7) is 7.99. The van der Waals surface area contributed by atoms with Crippen molar-refractivity contribution in [3.63, 3.8) is 0 Å². The Labute approximate surface area is 161 Å². The molecule has 0 bridgehead atoms. The van der Waals surface area contributed by atoms with Crippen LogP contribution in [0.2, 0.25) is 5.02 Å². The van der Waals surface area contributed by atoms with Gasteiger partial charge in [-0.05, 0) is 68.7 Å². The fraction of sp³-hybridized carbons (Fsp3) is 0.524. The summed E-state index contributed by atoms with van der Waals surface area (Å²) in [6.07, 6.45) is 5.93. The molecule has 0 saturated carbocycles. The SMILES string of the molecule is CC1CCCN(C(=O)C2=NCCC(c3cccc(Cl)c3)=CN2)C(C)(C)C1. The number of aliphatic imine (C=N–C) groups is 1. The van der Waals surface area contributed by atoms with E-state index in [0.29, 0.717) is 23.3 Å². The quantitative estimate of drug-likeness (QED) is 0.829. The summed E-state index contributed by atoms with van der Waals surface area (Å²) in [5.74, 6) is 1.10. The number of rotatable bonds is 2. The number of hydrogen-bond acceptors (Lipinski definition) is 3. The average Bonchev–Trinajstić information content (AvgIpc) is 2.90. The Bertz CT molecular complexity index is 739. The van der Waals surface area contributed by atoms with Crippen LogP contribution in [0.4, 0.5) is 0 Å². The monoisotopic (exact) mass is 373 g/mol. The molecule has 1 amide bonds. The van der Waals surface area contributed by atoms with Gasteiger partial charge in [-0.1, -0.05) is 30.7 Å². The van der Waals surface area contributed by atoms with Crippen molar-refractivity contribution in [3.8, 4) is 0 Å². The minimum absolute atomic E-state index is 0.00712. The third-order valence-electron chi connectivity index (χ3n) is 5.33. The van der Waals surface area contributed by atoms with Crippen LogP contribution in [0.15, 0.2) is 35.5 Å². The van der Waals surface area contributed by atoms with Crippen molar-refractivity contribution in [1.82, 2.24) is 10.2 Å². The van der Waals surface area contributed by atoms with Crippen LogP contribution in [0, 0.1) is 5.92 Å². The number of halogens is 1. The normalized spacial score (nSPS) is 23.2. The zero-order valence-electron chi connectivity index (χ0n) is 15.9. The largest absolute Gasteiger partial charge is 0.342 e. The van der Waals surface area contributed by atoms with Crippen LogP contribution in [-0.2, 0) is 4.79 Å². The molecule has 1 N–H and O–H groups in total. The number of amides is 1. The summed E-state index contributed by atoms with van der Waals surface area (Å²) < 4.78 is 0. The van der Waals surface area contributed by atoms with E-state index in [4.69, 9.17) is 11.6 Å². The van der Waals surface area contributed by atoms with Crippen LogP contribution in [-0.4, -0.2) is 35.3 Å². The van der Waals surface area contributed by atoms with Crippen molar-refractivity contribution in [1.29, 1.82) is 0 Å². The molecular formula is C21H28ClN3O. The molecule has 1 unspecified atom stereocenters. The van der Waals surface area contributed by atoms with E-state index >= 15 is 0 Å². The van der Waals surface area contributed by atoms with Gasteiger partial charge in [0.2, 0.25) is 0 Å². The Balaban J connectivity index is 1.77. The van der Waals surface area contributed by atoms with E-state index in [1.807, 2.05) is 35.4 Å². The molecule has 5 heteroatoms. The maximum atomic E-state index is 13.2. The van der Waals surface area contributed by atoms with E-state index in [9.17, 15) is 4.79 Å². The second-order valence-corrected chi connectivity index (χ2v) is 8.46. The van der Waals surface area contributed by atoms with Crippen LogP contribution < -0.4 is 5.32 Å². The van der Waals surface area contributed by atoms with Crippen molar-refractivity contribution in [3.05, 3.63) is 41.1 Å². The van der Waals surface area contributed by atoms with Crippen molar-refractivity contribution in [2.24, 2.45) is 10.9 Å². The predicted octanol–water partition coefficient (Wildman–Crippen LogP) is 4.50. The number of amidine groups is 1. The first-order valence-corrected chi connectivity index (χ1v) is 9.82. The second-order valence-electron chi connectivity index (χ2n) is 8.03. The molecule has 2 heterocycles. The molecule has 26 heavy (non-hydrogen) atoms. The maximum absolute atomic E-state index is 13.2. The van der Waals surface area contributed by atoms with Gasteiger partial charge in [-0.15, -0.1) is 0 Å². The summed E-state index contributed by atoms with van der Waals surface area (Å²) in [4.78, 5) is 19.7. The minimum Gasteiger partial charge on any atom is -0.342 e. The second kappa shape index (κ2) is 7.83. The number of hydrogen-bond donors (Lipinski definition) is 1. The number of carbonyl (C=O) groups is 1. The average molecular weight is 374 g/mol. The highest BCUT2D eigenvalue weighted by Gasteiger charge is 2.36. The van der Waals surface area contributed by atoms with E-state index < -0.39 is 0 Å². The van der Waals surface area contributed by atoms with Gasteiger partial charge in [0.05, 0.1) is 0 Å². The van der Waals surface area contributed by atoms with Gasteiger partial charge in [-0.25, -0.2) is 0 Å². The fourth-order valence-electron chi connectivity index (χ4n) is 4.08. The van der Waals surface area contributed by atoms with Crippen molar-refractivity contribution in [2.45, 2.75) is 52.0 Å². The third kappa shape index (κ3) is 4.29. The Morgan fingerprint density at radius 3 is 2.96 bits per heavy atom. The predicted molar refractivity (Wildman–Crippen MR) is 108 cm³/mol. The van der Waals surface area contributed by atoms with Gasteiger partial charge in [0.15, 0.2) is 5.84 Å². The molecule has 4 nitrogen and oxygen atoms in total. The van der Waals surface area contributed by atoms with E-state index in [1.54, 1.807) is 0 Å². The smallest absolute Gasteiger partial charge is 0.289 e. The molecule has 0 aliphatic carbocycles. The lowest BCUT2D eigenvalue weighted by atomic mass is 9.90. The molecule has 3 rings (SSSR count). The van der Waals surface area contributed by atoms with Crippen LogP contribution >= 0.6 is 11.6 Å². The molecule has 0 radical (unpaired) electrons. The van der Waals surface area contributed by atoms with Crippen LogP contribution in [0.3, 0.4) is 0 Å². The molecule has 1 aromatic rings. The summed E-state index contributed by atoms with van der Waals surface area (Å²) in [7, 11) is 0. The summed E-state index contributed by atoms with van der Waals surface area (Å²) >= 11 is 6.11. The van der Waals surface area contributed by atoms with Gasteiger partial charge in [0, 0.05) is 29.9 Å². The Hall–Kier alpha value is -1.81. The molecular weight excluding hydrogens is 346 g/mol. The standard InChI is InChI=1S/C21H28ClN3O/c1-15-6-5-11-25(21(2,3)13-15)20(26)19-23-10-9-17(14-24-19)16-7-4-8-18(22)12-16/h4,7-8,12,14-15H,5-6,9-11,13H2,1-3H3,(H,23,24). The zero-order chi connectivity index (χ0) is 18.7. The Kier molecular flexibility index (Phi) is 5.71. The van der Waals surface area contributed by atoms with Crippen LogP contribution in [0.25, 0.3) is 5.57 Å². The molecule has 2 aliphatic heterocycles. The first-order chi connectivity index (χ1) is 12.4. The molecule has 1 fully saturated rings. The van der Waals surface area contributed by atoms with E-state index in [1.165, 1.54) is 6.42 Å². The molecule has 0 aromatic heterocycles. The lowest BCUT2D eigenvalue weighted by molar-refractivity contribution is -0.129. The highest BCUT2D eigenvalue weighted by molar-refractivity contribution is 6.38. The van der Waals surface area contributed by atoms with Crippen LogP contribution in [0.5, 0.6) is 0 Å². The summed E-state index contributed by atoms with van der Waals surface area (Å²) in [6, 6.07) is 7.79. The number of nitrogens with one attached hydrogen (secondary N) is 1. The fourth-order valence-corrected chi connectivity index (χ4v) is 4.27. The molecule has 140 valence electrons. The first-order valence-electron chi connectivity index (χ1n) is 9.45. The highest BCUT2D eigenvalue weighted by atomic mass is 35.5. The van der Waals surface area contributed by atoms with Crippen molar-refractivity contribution in [2.75, 3.05) is 13.1 Å². The molecule has 2 aliphatic rings. The topological polar surface area (TPSA) is 44.7 Å². The van der Waals surface area contributed by atoms with Crippen molar-refractivity contribution < 1.29 is 4.79 Å². The lowest BCUT2D eigenvalue weighted by Crippen LogP contribution is -2.52. The van der Waals surface area contributed by atoms with Gasteiger partial charge in [0.1, 0.15) is 0 Å². The van der Waals surface area contributed by atoms with Gasteiger partial charge in [-0.2, -0.15) is 0 Å². The zero-order valence-corrected chi connectivity index (χ0v) is 16.6. The third-order valence-corrected chi connectivity index (χ3v) is 5.57. The van der Waals surface area contributed by atoms with E-state index in [0.717, 1.165) is 36.9 Å². The van der Waals surface area contributed by atoms with Gasteiger partial charge in [0.25, 0.3) is 5.91 Å². The minimum atomic E-state index is -0.150. The molecule has 1 aromatic carbocycles.